The maximum Gasteiger partial charge on any atom is 0.242 e. The molecule has 0 spiro atoms. The van der Waals surface area contributed by atoms with Crippen LogP contribution >= 0.6 is 11.6 Å². The van der Waals surface area contributed by atoms with E-state index in [0.29, 0.717) is 35.8 Å². The van der Waals surface area contributed by atoms with Crippen molar-refractivity contribution >= 4 is 27.4 Å². The van der Waals surface area contributed by atoms with Crippen LogP contribution in [0, 0.1) is 11.8 Å². The number of halogens is 1. The number of aromatic nitrogens is 1. The standard InChI is InChI=1S/C14H22ClN3O2S/c1-3-16-14-13(15)7-12(9-17-14)21(19,20)18-8-11-6-4-5-10(11)2/h7,9-11,18H,3-6,8H2,1-2H3,(H,16,17). The van der Waals surface area contributed by atoms with E-state index in [4.69, 9.17) is 11.6 Å². The molecule has 7 heteroatoms. The topological polar surface area (TPSA) is 71.1 Å². The van der Waals surface area contributed by atoms with Gasteiger partial charge in [-0.3, -0.25) is 0 Å². The molecule has 21 heavy (non-hydrogen) atoms. The van der Waals surface area contributed by atoms with E-state index in [1.807, 2.05) is 6.92 Å². The Hall–Kier alpha value is -0.850. The summed E-state index contributed by atoms with van der Waals surface area (Å²) < 4.78 is 27.3. The van der Waals surface area contributed by atoms with Crippen molar-refractivity contribution in [2.75, 3.05) is 18.4 Å². The summed E-state index contributed by atoms with van der Waals surface area (Å²) in [6.07, 6.45) is 4.78. The van der Waals surface area contributed by atoms with Gasteiger partial charge < -0.3 is 5.32 Å². The summed E-state index contributed by atoms with van der Waals surface area (Å²) >= 11 is 6.05. The highest BCUT2D eigenvalue weighted by atomic mass is 35.5. The van der Waals surface area contributed by atoms with Crippen molar-refractivity contribution in [3.63, 3.8) is 0 Å². The van der Waals surface area contributed by atoms with Gasteiger partial charge in [-0.1, -0.05) is 31.4 Å². The van der Waals surface area contributed by atoms with Crippen molar-refractivity contribution < 1.29 is 8.42 Å². The maximum absolute atomic E-state index is 12.3. The molecule has 118 valence electrons. The second kappa shape index (κ2) is 6.94. The Labute approximate surface area is 131 Å². The summed E-state index contributed by atoms with van der Waals surface area (Å²) in [6, 6.07) is 1.44. The number of hydrogen-bond donors (Lipinski definition) is 2. The molecule has 2 N–H and O–H groups in total. The molecule has 2 unspecified atom stereocenters. The third kappa shape index (κ3) is 4.08. The number of pyridine rings is 1. The highest BCUT2D eigenvalue weighted by molar-refractivity contribution is 7.89. The predicted molar refractivity (Wildman–Crippen MR) is 85.1 cm³/mol. The number of anilines is 1. The minimum absolute atomic E-state index is 0.111. The van der Waals surface area contributed by atoms with Crippen molar-refractivity contribution in [2.24, 2.45) is 11.8 Å². The van der Waals surface area contributed by atoms with E-state index < -0.39 is 10.0 Å². The van der Waals surface area contributed by atoms with Gasteiger partial charge in [-0.25, -0.2) is 18.1 Å². The third-order valence-corrected chi connectivity index (χ3v) is 5.72. The molecular formula is C14H22ClN3O2S. The van der Waals surface area contributed by atoms with E-state index in [0.717, 1.165) is 6.42 Å². The van der Waals surface area contributed by atoms with E-state index in [9.17, 15) is 8.42 Å². The average molecular weight is 332 g/mol. The van der Waals surface area contributed by atoms with Gasteiger partial charge in [0.2, 0.25) is 10.0 Å². The lowest BCUT2D eigenvalue weighted by Crippen LogP contribution is -2.30. The van der Waals surface area contributed by atoms with Gasteiger partial charge >= 0.3 is 0 Å². The Morgan fingerprint density at radius 1 is 1.43 bits per heavy atom. The second-order valence-electron chi connectivity index (χ2n) is 5.55. The molecule has 1 aromatic rings. The quantitative estimate of drug-likeness (QED) is 0.840. The lowest BCUT2D eigenvalue weighted by Gasteiger charge is -2.16. The molecule has 0 bridgehead atoms. The van der Waals surface area contributed by atoms with Crippen molar-refractivity contribution in [3.05, 3.63) is 17.3 Å². The predicted octanol–water partition coefficient (Wildman–Crippen LogP) is 2.88. The molecule has 5 nitrogen and oxygen atoms in total. The van der Waals surface area contributed by atoms with Gasteiger partial charge in [0.1, 0.15) is 10.7 Å². The molecule has 1 heterocycles. The van der Waals surface area contributed by atoms with Crippen LogP contribution < -0.4 is 10.0 Å². The summed E-state index contributed by atoms with van der Waals surface area (Å²) in [7, 11) is -3.55. The number of nitrogens with zero attached hydrogens (tertiary/aromatic N) is 1. The molecular weight excluding hydrogens is 310 g/mol. The lowest BCUT2D eigenvalue weighted by atomic mass is 9.99. The smallest absolute Gasteiger partial charge is 0.242 e. The van der Waals surface area contributed by atoms with Crippen LogP contribution in [0.5, 0.6) is 0 Å². The minimum Gasteiger partial charge on any atom is -0.369 e. The Bertz CT molecular complexity index is 592. The van der Waals surface area contributed by atoms with Crippen molar-refractivity contribution in [2.45, 2.75) is 38.0 Å². The molecule has 1 saturated carbocycles. The van der Waals surface area contributed by atoms with Crippen LogP contribution in [0.2, 0.25) is 5.02 Å². The van der Waals surface area contributed by atoms with Crippen molar-refractivity contribution in [3.8, 4) is 0 Å². The van der Waals surface area contributed by atoms with Gasteiger partial charge in [0.05, 0.1) is 5.02 Å². The minimum atomic E-state index is -3.55. The van der Waals surface area contributed by atoms with Gasteiger partial charge in [-0.05, 0) is 31.2 Å². The van der Waals surface area contributed by atoms with E-state index in [1.54, 1.807) is 0 Å². The molecule has 1 aliphatic rings. The zero-order chi connectivity index (χ0) is 15.5. The number of hydrogen-bond acceptors (Lipinski definition) is 4. The molecule has 0 radical (unpaired) electrons. The normalized spacial score (nSPS) is 22.4. The molecule has 2 atom stereocenters. The molecule has 2 rings (SSSR count). The fourth-order valence-corrected chi connectivity index (χ4v) is 4.05. The summed E-state index contributed by atoms with van der Waals surface area (Å²) in [5, 5.41) is 3.29. The van der Waals surface area contributed by atoms with E-state index in [-0.39, 0.29) is 4.90 Å². The largest absolute Gasteiger partial charge is 0.369 e. The first-order valence-corrected chi connectivity index (χ1v) is 9.19. The Balaban J connectivity index is 2.06. The fourth-order valence-electron chi connectivity index (χ4n) is 2.69. The van der Waals surface area contributed by atoms with Crippen LogP contribution in [0.15, 0.2) is 17.2 Å². The van der Waals surface area contributed by atoms with Crippen LogP contribution in [-0.2, 0) is 10.0 Å². The van der Waals surface area contributed by atoms with Crippen LogP contribution in [0.1, 0.15) is 33.1 Å². The molecule has 0 saturated heterocycles. The highest BCUT2D eigenvalue weighted by Crippen LogP contribution is 2.31. The monoisotopic (exact) mass is 331 g/mol. The Morgan fingerprint density at radius 3 is 2.76 bits per heavy atom. The van der Waals surface area contributed by atoms with Gasteiger partial charge in [0, 0.05) is 19.3 Å². The van der Waals surface area contributed by atoms with Crippen LogP contribution in [0.4, 0.5) is 5.82 Å². The second-order valence-corrected chi connectivity index (χ2v) is 7.73. The molecule has 1 fully saturated rings. The van der Waals surface area contributed by atoms with Gasteiger partial charge in [0.25, 0.3) is 0 Å². The molecule has 0 amide bonds. The number of sulfonamides is 1. The molecule has 1 aliphatic carbocycles. The first kappa shape index (κ1) is 16.5. The van der Waals surface area contributed by atoms with E-state index >= 15 is 0 Å². The zero-order valence-corrected chi connectivity index (χ0v) is 14.0. The molecule has 0 aromatic carbocycles. The number of rotatable bonds is 6. The fraction of sp³-hybridized carbons (Fsp3) is 0.643. The summed E-state index contributed by atoms with van der Waals surface area (Å²) in [6.45, 7) is 5.26. The first-order chi connectivity index (χ1) is 9.94. The summed E-state index contributed by atoms with van der Waals surface area (Å²) in [5.74, 6) is 1.50. The third-order valence-electron chi connectivity index (χ3n) is 4.05. The van der Waals surface area contributed by atoms with Crippen LogP contribution in [-0.4, -0.2) is 26.5 Å². The van der Waals surface area contributed by atoms with E-state index in [2.05, 4.69) is 21.9 Å². The zero-order valence-electron chi connectivity index (χ0n) is 12.4. The van der Waals surface area contributed by atoms with Crippen molar-refractivity contribution in [1.29, 1.82) is 0 Å². The first-order valence-electron chi connectivity index (χ1n) is 7.33. The average Bonchev–Trinajstić information content (AvgIpc) is 2.84. The Morgan fingerprint density at radius 2 is 2.19 bits per heavy atom. The summed E-state index contributed by atoms with van der Waals surface area (Å²) in [5.41, 5.74) is 0. The van der Waals surface area contributed by atoms with Crippen LogP contribution in [0.25, 0.3) is 0 Å². The Kier molecular flexibility index (Phi) is 5.46. The van der Waals surface area contributed by atoms with E-state index in [1.165, 1.54) is 25.1 Å². The SMILES string of the molecule is CCNc1ncc(S(=O)(=O)NCC2CCCC2C)cc1Cl. The number of nitrogens with one attached hydrogen (secondary N) is 2. The van der Waals surface area contributed by atoms with Crippen molar-refractivity contribution in [1.82, 2.24) is 9.71 Å². The van der Waals surface area contributed by atoms with Gasteiger partial charge in [-0.15, -0.1) is 0 Å². The molecule has 0 aliphatic heterocycles. The molecule has 1 aromatic heterocycles. The van der Waals surface area contributed by atoms with Gasteiger partial charge in [0.15, 0.2) is 0 Å². The maximum atomic E-state index is 12.3. The summed E-state index contributed by atoms with van der Waals surface area (Å²) in [4.78, 5) is 4.18. The van der Waals surface area contributed by atoms with Crippen LogP contribution in [0.3, 0.4) is 0 Å². The lowest BCUT2D eigenvalue weighted by molar-refractivity contribution is 0.414. The highest BCUT2D eigenvalue weighted by Gasteiger charge is 2.25. The van der Waals surface area contributed by atoms with Gasteiger partial charge in [-0.2, -0.15) is 0 Å².